The number of hydrogen-bond donors (Lipinski definition) is 2. The number of anilines is 2. The maximum absolute atomic E-state index is 3.70. The number of hydrogen-bond acceptors (Lipinski definition) is 2. The predicted molar refractivity (Wildman–Crippen MR) is 68.9 cm³/mol. The Morgan fingerprint density at radius 3 is 2.50 bits per heavy atom. The van der Waals surface area contributed by atoms with Crippen LogP contribution in [0.3, 0.4) is 0 Å². The lowest BCUT2D eigenvalue weighted by Crippen LogP contribution is -2.39. The van der Waals surface area contributed by atoms with Gasteiger partial charge in [0.1, 0.15) is 0 Å². The molecule has 2 heteroatoms. The highest BCUT2D eigenvalue weighted by Gasteiger charge is 2.26. The van der Waals surface area contributed by atoms with E-state index < -0.39 is 0 Å². The van der Waals surface area contributed by atoms with Gasteiger partial charge in [-0.25, -0.2) is 0 Å². The van der Waals surface area contributed by atoms with Gasteiger partial charge in [0.2, 0.25) is 0 Å². The van der Waals surface area contributed by atoms with Crippen molar-refractivity contribution in [3.63, 3.8) is 0 Å². The zero-order valence-corrected chi connectivity index (χ0v) is 9.71. The number of nitrogens with one attached hydrogen (secondary N) is 2. The molecule has 1 aliphatic carbocycles. The monoisotopic (exact) mass is 216 g/mol. The molecule has 16 heavy (non-hydrogen) atoms. The van der Waals surface area contributed by atoms with Crippen molar-refractivity contribution in [3.8, 4) is 0 Å². The highest BCUT2D eigenvalue weighted by Crippen LogP contribution is 2.33. The maximum atomic E-state index is 3.70. The van der Waals surface area contributed by atoms with E-state index in [-0.39, 0.29) is 0 Å². The minimum absolute atomic E-state index is 0.634. The molecule has 2 N–H and O–H groups in total. The van der Waals surface area contributed by atoms with E-state index in [2.05, 4.69) is 34.9 Å². The summed E-state index contributed by atoms with van der Waals surface area (Å²) < 4.78 is 0. The van der Waals surface area contributed by atoms with Gasteiger partial charge >= 0.3 is 0 Å². The first-order valence-corrected chi connectivity index (χ1v) is 6.53. The van der Waals surface area contributed by atoms with Crippen molar-refractivity contribution in [3.05, 3.63) is 24.3 Å². The SMILES string of the molecule is c1ccc2c(c1)NC[C@@H](C1CCCCC1)N2. The Kier molecular flexibility index (Phi) is 2.73. The van der Waals surface area contributed by atoms with Crippen LogP contribution in [0.1, 0.15) is 32.1 Å². The molecule has 1 atom stereocenters. The van der Waals surface area contributed by atoms with Gasteiger partial charge in [-0.2, -0.15) is 0 Å². The van der Waals surface area contributed by atoms with Gasteiger partial charge in [-0.15, -0.1) is 0 Å². The molecular weight excluding hydrogens is 196 g/mol. The lowest BCUT2D eigenvalue weighted by atomic mass is 9.83. The van der Waals surface area contributed by atoms with E-state index in [1.165, 1.54) is 43.5 Å². The highest BCUT2D eigenvalue weighted by atomic mass is 15.1. The van der Waals surface area contributed by atoms with E-state index in [0.29, 0.717) is 6.04 Å². The average Bonchev–Trinajstić information content (AvgIpc) is 2.39. The summed E-state index contributed by atoms with van der Waals surface area (Å²) in [6, 6.07) is 9.16. The first kappa shape index (κ1) is 10.0. The minimum Gasteiger partial charge on any atom is -0.381 e. The minimum atomic E-state index is 0.634. The Balaban J connectivity index is 1.72. The molecule has 1 aromatic carbocycles. The second kappa shape index (κ2) is 4.36. The quantitative estimate of drug-likeness (QED) is 0.751. The van der Waals surface area contributed by atoms with E-state index in [0.717, 1.165) is 12.5 Å². The molecule has 0 unspecified atom stereocenters. The highest BCUT2D eigenvalue weighted by molar-refractivity contribution is 5.71. The van der Waals surface area contributed by atoms with Crippen LogP contribution in [-0.2, 0) is 0 Å². The topological polar surface area (TPSA) is 24.1 Å². The van der Waals surface area contributed by atoms with E-state index in [9.17, 15) is 0 Å². The fourth-order valence-corrected chi connectivity index (χ4v) is 3.05. The van der Waals surface area contributed by atoms with Crippen LogP contribution < -0.4 is 10.6 Å². The average molecular weight is 216 g/mol. The molecule has 2 aliphatic rings. The maximum Gasteiger partial charge on any atom is 0.0578 e. The summed E-state index contributed by atoms with van der Waals surface area (Å²) in [6.45, 7) is 1.08. The van der Waals surface area contributed by atoms with Crippen molar-refractivity contribution in [2.24, 2.45) is 5.92 Å². The van der Waals surface area contributed by atoms with E-state index in [1.54, 1.807) is 0 Å². The zero-order chi connectivity index (χ0) is 10.8. The van der Waals surface area contributed by atoms with Gasteiger partial charge in [-0.3, -0.25) is 0 Å². The molecule has 1 fully saturated rings. The van der Waals surface area contributed by atoms with Crippen molar-refractivity contribution in [1.82, 2.24) is 0 Å². The molecule has 0 radical (unpaired) electrons. The predicted octanol–water partition coefficient (Wildman–Crippen LogP) is 3.47. The van der Waals surface area contributed by atoms with Gasteiger partial charge in [0.15, 0.2) is 0 Å². The molecule has 0 spiro atoms. The molecule has 86 valence electrons. The van der Waals surface area contributed by atoms with Crippen LogP contribution in [0, 0.1) is 5.92 Å². The van der Waals surface area contributed by atoms with E-state index in [1.807, 2.05) is 0 Å². The smallest absolute Gasteiger partial charge is 0.0578 e. The first-order valence-electron chi connectivity index (χ1n) is 6.53. The molecule has 3 rings (SSSR count). The summed E-state index contributed by atoms with van der Waals surface area (Å²) in [4.78, 5) is 0. The molecule has 1 aromatic rings. The summed E-state index contributed by atoms with van der Waals surface area (Å²) in [5, 5.41) is 7.25. The Labute approximate surface area is 97.4 Å². The van der Waals surface area contributed by atoms with Gasteiger partial charge in [0.05, 0.1) is 11.4 Å². The van der Waals surface area contributed by atoms with Crippen LogP contribution in [0.15, 0.2) is 24.3 Å². The van der Waals surface area contributed by atoms with Gasteiger partial charge in [0.25, 0.3) is 0 Å². The van der Waals surface area contributed by atoms with Gasteiger partial charge in [0, 0.05) is 12.6 Å². The number of benzene rings is 1. The standard InChI is InChI=1S/C14H20N2/c1-2-6-11(7-3-1)14-10-15-12-8-4-5-9-13(12)16-14/h4-5,8-9,11,14-16H,1-3,6-7,10H2/t14-/m0/s1. The molecule has 0 saturated heterocycles. The lowest BCUT2D eigenvalue weighted by molar-refractivity contribution is 0.322. The third kappa shape index (κ3) is 1.89. The molecule has 0 aromatic heterocycles. The van der Waals surface area contributed by atoms with E-state index >= 15 is 0 Å². The third-order valence-electron chi connectivity index (χ3n) is 4.00. The van der Waals surface area contributed by atoms with Gasteiger partial charge in [-0.1, -0.05) is 31.4 Å². The molecule has 0 amide bonds. The van der Waals surface area contributed by atoms with E-state index in [4.69, 9.17) is 0 Å². The normalized spacial score (nSPS) is 25.4. The molecule has 1 saturated carbocycles. The fourth-order valence-electron chi connectivity index (χ4n) is 3.05. The number of rotatable bonds is 1. The molecule has 2 nitrogen and oxygen atoms in total. The van der Waals surface area contributed by atoms with Crippen molar-refractivity contribution in [2.45, 2.75) is 38.1 Å². The zero-order valence-electron chi connectivity index (χ0n) is 9.71. The second-order valence-electron chi connectivity index (χ2n) is 5.08. The number of fused-ring (bicyclic) bond motifs is 1. The van der Waals surface area contributed by atoms with Crippen LogP contribution in [0.2, 0.25) is 0 Å². The van der Waals surface area contributed by atoms with Crippen molar-refractivity contribution in [2.75, 3.05) is 17.2 Å². The van der Waals surface area contributed by atoms with Crippen LogP contribution >= 0.6 is 0 Å². The van der Waals surface area contributed by atoms with Crippen LogP contribution in [0.4, 0.5) is 11.4 Å². The second-order valence-corrected chi connectivity index (χ2v) is 5.08. The largest absolute Gasteiger partial charge is 0.381 e. The summed E-state index contributed by atoms with van der Waals surface area (Å²) in [5.74, 6) is 0.870. The Hall–Kier alpha value is -1.18. The third-order valence-corrected chi connectivity index (χ3v) is 4.00. The number of para-hydroxylation sites is 2. The Morgan fingerprint density at radius 1 is 0.938 bits per heavy atom. The molecule has 1 aliphatic heterocycles. The lowest BCUT2D eigenvalue weighted by Gasteiger charge is -2.36. The summed E-state index contributed by atoms with van der Waals surface area (Å²) in [7, 11) is 0. The van der Waals surface area contributed by atoms with Crippen molar-refractivity contribution >= 4 is 11.4 Å². The first-order chi connectivity index (χ1) is 7.93. The molecule has 0 bridgehead atoms. The summed E-state index contributed by atoms with van der Waals surface area (Å²) >= 11 is 0. The Bertz CT molecular complexity index is 356. The fraction of sp³-hybridized carbons (Fsp3) is 0.571. The Morgan fingerprint density at radius 2 is 1.69 bits per heavy atom. The summed E-state index contributed by atoms with van der Waals surface area (Å²) in [6.07, 6.45) is 7.09. The van der Waals surface area contributed by atoms with Crippen LogP contribution in [-0.4, -0.2) is 12.6 Å². The van der Waals surface area contributed by atoms with Crippen LogP contribution in [0.25, 0.3) is 0 Å². The molecular formula is C14H20N2. The van der Waals surface area contributed by atoms with Gasteiger partial charge < -0.3 is 10.6 Å². The van der Waals surface area contributed by atoms with Gasteiger partial charge in [-0.05, 0) is 30.9 Å². The van der Waals surface area contributed by atoms with Crippen molar-refractivity contribution in [1.29, 1.82) is 0 Å². The van der Waals surface area contributed by atoms with Crippen molar-refractivity contribution < 1.29 is 0 Å². The summed E-state index contributed by atoms with van der Waals surface area (Å²) in [5.41, 5.74) is 2.54. The molecule has 1 heterocycles. The van der Waals surface area contributed by atoms with Crippen LogP contribution in [0.5, 0.6) is 0 Å².